The number of carbonyl (C=O) groups is 4. The third-order valence-electron chi connectivity index (χ3n) is 22.1. The van der Waals surface area contributed by atoms with Gasteiger partial charge in [0.05, 0.1) is 118 Å². The first kappa shape index (κ1) is 84.7. The number of rotatable bonds is 28. The lowest BCUT2D eigenvalue weighted by atomic mass is 9.73. The van der Waals surface area contributed by atoms with Crippen LogP contribution in [0.4, 0.5) is 57.9 Å². The van der Waals surface area contributed by atoms with Gasteiger partial charge in [0.15, 0.2) is 23.1 Å². The summed E-state index contributed by atoms with van der Waals surface area (Å²) in [5.74, 6) is -2.84. The smallest absolute Gasteiger partial charge is 0.296 e. The molecule has 0 unspecified atom stereocenters. The van der Waals surface area contributed by atoms with Crippen molar-refractivity contribution in [2.75, 3.05) is 32.7 Å². The van der Waals surface area contributed by atoms with E-state index in [0.29, 0.717) is 84.3 Å². The van der Waals surface area contributed by atoms with Crippen LogP contribution in [-0.4, -0.2) is 117 Å². The number of pyridine rings is 2. The fourth-order valence-electron chi connectivity index (χ4n) is 16.6. The normalized spacial score (nSPS) is 16.3. The molecule has 0 radical (unpaired) electrons. The Morgan fingerprint density at radius 1 is 0.439 bits per heavy atom. The van der Waals surface area contributed by atoms with Crippen molar-refractivity contribution in [3.8, 4) is 22.3 Å². The van der Waals surface area contributed by atoms with Crippen LogP contribution < -0.4 is 43.9 Å². The van der Waals surface area contributed by atoms with Gasteiger partial charge in [-0.05, 0) is 154 Å². The van der Waals surface area contributed by atoms with Crippen molar-refractivity contribution in [2.24, 2.45) is 25.9 Å². The van der Waals surface area contributed by atoms with Crippen LogP contribution in [0.15, 0.2) is 185 Å². The molecule has 38 nitrogen and oxygen atoms in total. The number of aromatic nitrogens is 8. The fraction of sp³-hybridized carbons (Fsp3) is 0.190. The zero-order chi connectivity index (χ0) is 86.8. The fourth-order valence-corrected chi connectivity index (χ4v) is 19.9. The van der Waals surface area contributed by atoms with Gasteiger partial charge in [-0.15, -0.1) is 13.0 Å². The Morgan fingerprint density at radius 2 is 0.846 bits per heavy atom. The van der Waals surface area contributed by atoms with Crippen LogP contribution in [0.25, 0.3) is 44.1 Å². The standard InChI is InChI=1S/C79H66N14O24S6/c1-92-54-27-25-48(62-64(54)60(44-13-3-5-15-46(44)70(62)96)66(74(92)98)68(94)40-9-7-11-42(30-40)118-115-112-100)82-50-32-53(59(123(109,110)111)34-56(50)119-116-113-101)85-79-89-73(87-77(81)91-79)39-23-19-37(20-24-39)29-36-17-21-38(22-18-36)72-86-76(80)90-78(88-72)84-51-33-52(58(122(106,107)108)35-57(51)120-117-114-102)83-49-26-28-55-65-61(45-14-4-6-16-47(45)71(97)63(49)65)67(75(99)93(55)2)69(95)41-10-8-12-43(31-41)121(103,104)105/h3-16,25-28,30-39,82-83,100-102H,17-24,29H2,1-2H3,(H,103,104,105)(H,106,107,108)(H,109,110,111)(H3,80,84,86,88,90)(H3,81,85,87,89,91). The number of nitrogen functional groups attached to an aromatic ring is 2. The van der Waals surface area contributed by atoms with Gasteiger partial charge < -0.3 is 41.9 Å². The number of carbonyl (C=O) groups excluding carboxylic acids is 4. The molecular weight excluding hydrogens is 1720 g/mol. The molecule has 4 heterocycles. The average Bonchev–Trinajstić information content (AvgIpc) is 0.709. The highest BCUT2D eigenvalue weighted by molar-refractivity contribution is 7.95. The van der Waals surface area contributed by atoms with Crippen molar-refractivity contribution < 1.29 is 102 Å². The van der Waals surface area contributed by atoms with Crippen molar-refractivity contribution in [2.45, 2.75) is 99.0 Å². The molecule has 2 saturated carbocycles. The molecule has 123 heavy (non-hydrogen) atoms. The van der Waals surface area contributed by atoms with Gasteiger partial charge in [0, 0.05) is 75.0 Å². The molecule has 0 spiro atoms. The van der Waals surface area contributed by atoms with Gasteiger partial charge in [-0.25, -0.2) is 15.8 Å². The van der Waals surface area contributed by atoms with Crippen LogP contribution in [0, 0.1) is 11.8 Å². The van der Waals surface area contributed by atoms with Gasteiger partial charge >= 0.3 is 0 Å². The Labute approximate surface area is 708 Å². The highest BCUT2D eigenvalue weighted by Gasteiger charge is 2.39. The van der Waals surface area contributed by atoms with E-state index in [2.05, 4.69) is 60.7 Å². The van der Waals surface area contributed by atoms with E-state index in [4.69, 9.17) is 35.4 Å². The number of benzene rings is 8. The Hall–Kier alpha value is -11.9. The lowest BCUT2D eigenvalue weighted by molar-refractivity contribution is -0.432. The molecule has 8 aromatic carbocycles. The molecule has 4 aliphatic rings. The van der Waals surface area contributed by atoms with E-state index in [0.717, 1.165) is 60.9 Å². The monoisotopic (exact) mass is 1790 g/mol. The molecule has 0 aliphatic heterocycles. The summed E-state index contributed by atoms with van der Waals surface area (Å²) in [4.78, 5) is 113. The molecule has 0 bridgehead atoms. The predicted molar refractivity (Wildman–Crippen MR) is 446 cm³/mol. The van der Waals surface area contributed by atoms with Gasteiger partial charge in [-0.2, -0.15) is 55.2 Å². The zero-order valence-corrected chi connectivity index (χ0v) is 68.6. The number of ketones is 4. The molecule has 44 heteroatoms. The summed E-state index contributed by atoms with van der Waals surface area (Å²) in [5.41, 5.74) is 10.4. The van der Waals surface area contributed by atoms with Crippen molar-refractivity contribution in [3.63, 3.8) is 0 Å². The van der Waals surface area contributed by atoms with Crippen LogP contribution in [0.2, 0.25) is 0 Å². The second kappa shape index (κ2) is 34.1. The number of anilines is 10. The quantitative estimate of drug-likeness (QED) is 0.00712. The van der Waals surface area contributed by atoms with Crippen LogP contribution >= 0.6 is 36.1 Å². The summed E-state index contributed by atoms with van der Waals surface area (Å²) >= 11 is 1.21. The first-order valence-electron chi connectivity index (χ1n) is 37.2. The lowest BCUT2D eigenvalue weighted by Gasteiger charge is -2.33. The summed E-state index contributed by atoms with van der Waals surface area (Å²) in [6.07, 6.45) is 6.51. The minimum Gasteiger partial charge on any atom is -0.368 e. The van der Waals surface area contributed by atoms with Gasteiger partial charge in [-0.3, -0.25) is 42.4 Å². The van der Waals surface area contributed by atoms with Crippen LogP contribution in [0.3, 0.4) is 0 Å². The van der Waals surface area contributed by atoms with Crippen molar-refractivity contribution in [1.82, 2.24) is 39.0 Å². The Kier molecular flexibility index (Phi) is 23.5. The third kappa shape index (κ3) is 16.6. The Balaban J connectivity index is 0.621. The molecule has 0 amide bonds. The van der Waals surface area contributed by atoms with E-state index in [-0.39, 0.29) is 168 Å². The molecule has 0 saturated heterocycles. The van der Waals surface area contributed by atoms with Crippen molar-refractivity contribution in [3.05, 3.63) is 222 Å². The molecular formula is C79H66N14O24S6. The molecule has 4 aromatic heterocycles. The first-order valence-corrected chi connectivity index (χ1v) is 43.7. The van der Waals surface area contributed by atoms with E-state index in [1.165, 1.54) is 97.5 Å². The van der Waals surface area contributed by atoms with Gasteiger partial charge in [0.25, 0.3) is 41.5 Å². The summed E-state index contributed by atoms with van der Waals surface area (Å²) in [7, 11) is -12.4. The molecule has 14 N–H and O–H groups in total. The molecule has 2 fully saturated rings. The van der Waals surface area contributed by atoms with Crippen LogP contribution in [0.1, 0.15) is 145 Å². The van der Waals surface area contributed by atoms with E-state index >= 15 is 0 Å². The maximum Gasteiger partial charge on any atom is 0.296 e. The summed E-state index contributed by atoms with van der Waals surface area (Å²) in [6.45, 7) is 0. The minimum atomic E-state index is -5.21. The second-order valence-corrected chi connectivity index (χ2v) is 35.6. The van der Waals surface area contributed by atoms with Gasteiger partial charge in [-0.1, -0.05) is 87.9 Å². The van der Waals surface area contributed by atoms with E-state index in [9.17, 15) is 78.2 Å². The summed E-state index contributed by atoms with van der Waals surface area (Å²) in [6, 6.07) is 33.2. The Bertz CT molecular complexity index is 6950. The third-order valence-corrected chi connectivity index (χ3v) is 26.6. The summed E-state index contributed by atoms with van der Waals surface area (Å²) < 4.78 is 126. The maximum absolute atomic E-state index is 15.0. The minimum absolute atomic E-state index is 0.0109. The Morgan fingerprint density at radius 3 is 1.29 bits per heavy atom. The van der Waals surface area contributed by atoms with E-state index in [1.807, 2.05) is 0 Å². The SMILES string of the molecule is Cn1c(=O)c(C(=O)c2cccc(SOOO)c2)c2c3c(c(Nc4cc(Nc5nc(N)nc(C6CCC(CC7CCC(c8nc(N)nc(Nc9cc(Nc%10ccc%11c%12c%10C(=O)c%10ccccc%10-c%12c(C(=O)c%10cccc(S(=O)(=O)O)c%10)c(=O)n%11C)c(S(=O)(=O)O)cc9SOOO)n8)CC7)CC6)n5)c(S(=O)(=O)O)cc4SOOO)ccc31)C(=O)c1ccccc1-2. The van der Waals surface area contributed by atoms with E-state index < -0.39 is 84.9 Å². The number of hydrogen-bond acceptors (Lipinski definition) is 36. The molecule has 632 valence electrons. The van der Waals surface area contributed by atoms with Crippen molar-refractivity contribution in [1.29, 1.82) is 0 Å². The second-order valence-electron chi connectivity index (χ2n) is 29.2. The number of fused-ring (bicyclic) bond motifs is 4. The number of nitrogens with one attached hydrogen (secondary N) is 4. The molecule has 0 atom stereocenters. The van der Waals surface area contributed by atoms with Gasteiger partial charge in [0.1, 0.15) is 21.4 Å². The highest BCUT2D eigenvalue weighted by atomic mass is 32.2. The highest BCUT2D eigenvalue weighted by Crippen LogP contribution is 2.50. The molecule has 4 aliphatic carbocycles. The number of aryl methyl sites for hydroxylation is 2. The summed E-state index contributed by atoms with van der Waals surface area (Å²) in [5, 5.41) is 51.3. The predicted octanol–water partition coefficient (Wildman–Crippen LogP) is 13.4. The molecule has 16 rings (SSSR count). The number of nitrogens with two attached hydrogens (primary N) is 2. The number of nitrogens with zero attached hydrogens (tertiary/aromatic N) is 8. The molecule has 12 aromatic rings. The average molecular weight is 1790 g/mol. The topological polar surface area (TPSA) is 569 Å². The van der Waals surface area contributed by atoms with Gasteiger partial charge in [0.2, 0.25) is 23.8 Å². The maximum atomic E-state index is 15.0. The zero-order valence-electron chi connectivity index (χ0n) is 63.7. The first-order chi connectivity index (χ1) is 58.9. The largest absolute Gasteiger partial charge is 0.368 e. The van der Waals surface area contributed by atoms with Crippen LogP contribution in [0.5, 0.6) is 0 Å². The van der Waals surface area contributed by atoms with Crippen LogP contribution in [-0.2, 0) is 72.6 Å². The van der Waals surface area contributed by atoms with E-state index in [1.54, 1.807) is 42.5 Å². The van der Waals surface area contributed by atoms with Crippen molar-refractivity contribution >= 4 is 169 Å². The number of hydrogen-bond donors (Lipinski definition) is 12. The lowest BCUT2D eigenvalue weighted by Crippen LogP contribution is -2.29.